The van der Waals surface area contributed by atoms with Gasteiger partial charge in [0.15, 0.2) is 5.96 Å². The van der Waals surface area contributed by atoms with Crippen LogP contribution in [0.2, 0.25) is 0 Å². The zero-order valence-corrected chi connectivity index (χ0v) is 11.5. The number of nitrogens with zero attached hydrogens (tertiary/aromatic N) is 1. The summed E-state index contributed by atoms with van der Waals surface area (Å²) in [7, 11) is 0. The number of guanidine groups is 1. The summed E-state index contributed by atoms with van der Waals surface area (Å²) in [5.74, 6) is 0.973. The van der Waals surface area contributed by atoms with Gasteiger partial charge in [-0.1, -0.05) is 19.9 Å². The Bertz CT molecular complexity index is 386. The van der Waals surface area contributed by atoms with Crippen LogP contribution in [0.5, 0.6) is 0 Å². The molecule has 1 rings (SSSR count). The summed E-state index contributed by atoms with van der Waals surface area (Å²) in [5.41, 5.74) is 7.92. The molecule has 4 heteroatoms. The fourth-order valence-corrected chi connectivity index (χ4v) is 1.54. The van der Waals surface area contributed by atoms with Crippen molar-refractivity contribution in [3.63, 3.8) is 0 Å². The van der Waals surface area contributed by atoms with Crippen molar-refractivity contribution >= 4 is 27.6 Å². The van der Waals surface area contributed by atoms with E-state index in [2.05, 4.69) is 40.1 Å². The van der Waals surface area contributed by atoms with Gasteiger partial charge in [-0.3, -0.25) is 4.99 Å². The van der Waals surface area contributed by atoms with Gasteiger partial charge < -0.3 is 11.1 Å². The maximum Gasteiger partial charge on any atom is 0.193 e. The molecule has 0 aliphatic heterocycles. The highest BCUT2D eigenvalue weighted by Crippen LogP contribution is 2.22. The maximum atomic E-state index is 5.79. The predicted molar refractivity (Wildman–Crippen MR) is 73.8 cm³/mol. The van der Waals surface area contributed by atoms with Gasteiger partial charge in [0.2, 0.25) is 0 Å². The average Bonchev–Trinajstić information content (AvgIpc) is 2.20. The fourth-order valence-electron chi connectivity index (χ4n) is 1.19. The zero-order valence-electron chi connectivity index (χ0n) is 9.92. The normalized spacial score (nSPS) is 11.9. The molecule has 0 aromatic heterocycles. The smallest absolute Gasteiger partial charge is 0.193 e. The molecule has 0 aliphatic rings. The molecular formula is C12H18BrN3. The molecule has 0 radical (unpaired) electrons. The summed E-state index contributed by atoms with van der Waals surface area (Å²) in [5, 5.41) is 3.09. The Morgan fingerprint density at radius 2 is 2.19 bits per heavy atom. The lowest BCUT2D eigenvalue weighted by atomic mass is 10.2. The standard InChI is InChI=1S/C12H18BrN3/c1-8(2)7-15-12(14)16-11-6-9(3)4-5-10(11)13/h4-6,8H,7H2,1-3H3,(H3,14,15,16). The van der Waals surface area contributed by atoms with E-state index in [-0.39, 0.29) is 0 Å². The number of hydrogen-bond acceptors (Lipinski definition) is 1. The van der Waals surface area contributed by atoms with Crippen molar-refractivity contribution in [2.24, 2.45) is 16.6 Å². The summed E-state index contributed by atoms with van der Waals surface area (Å²) in [6.07, 6.45) is 0. The summed E-state index contributed by atoms with van der Waals surface area (Å²) in [6, 6.07) is 6.06. The molecule has 0 amide bonds. The average molecular weight is 284 g/mol. The van der Waals surface area contributed by atoms with Gasteiger partial charge in [-0.25, -0.2) is 0 Å². The van der Waals surface area contributed by atoms with Gasteiger partial charge in [-0.15, -0.1) is 0 Å². The maximum absolute atomic E-state index is 5.79. The van der Waals surface area contributed by atoms with Crippen LogP contribution < -0.4 is 11.1 Å². The number of halogens is 1. The lowest BCUT2D eigenvalue weighted by Gasteiger charge is -2.09. The van der Waals surface area contributed by atoms with Crippen LogP contribution in [0.25, 0.3) is 0 Å². The van der Waals surface area contributed by atoms with E-state index < -0.39 is 0 Å². The van der Waals surface area contributed by atoms with Crippen LogP contribution in [0.3, 0.4) is 0 Å². The second kappa shape index (κ2) is 5.89. The molecule has 0 saturated heterocycles. The lowest BCUT2D eigenvalue weighted by Crippen LogP contribution is -2.23. The number of nitrogens with one attached hydrogen (secondary N) is 1. The van der Waals surface area contributed by atoms with Crippen LogP contribution in [0.15, 0.2) is 27.7 Å². The molecule has 0 atom stereocenters. The van der Waals surface area contributed by atoms with Crippen molar-refractivity contribution < 1.29 is 0 Å². The number of aliphatic imine (C=N–C) groups is 1. The molecule has 88 valence electrons. The molecule has 0 aliphatic carbocycles. The second-order valence-electron chi connectivity index (χ2n) is 4.23. The predicted octanol–water partition coefficient (Wildman–Crippen LogP) is 3.14. The highest BCUT2D eigenvalue weighted by atomic mass is 79.9. The van der Waals surface area contributed by atoms with E-state index in [0.29, 0.717) is 11.9 Å². The summed E-state index contributed by atoms with van der Waals surface area (Å²) < 4.78 is 0.987. The first kappa shape index (κ1) is 13.0. The minimum atomic E-state index is 0.458. The molecule has 16 heavy (non-hydrogen) atoms. The third-order valence-corrected chi connectivity index (χ3v) is 2.70. The molecule has 0 saturated carbocycles. The number of aryl methyl sites for hydroxylation is 1. The first-order valence-corrected chi connectivity index (χ1v) is 6.11. The monoisotopic (exact) mass is 283 g/mol. The van der Waals surface area contributed by atoms with Crippen LogP contribution >= 0.6 is 15.9 Å². The Morgan fingerprint density at radius 3 is 2.81 bits per heavy atom. The molecule has 0 unspecified atom stereocenters. The number of rotatable bonds is 3. The molecule has 0 bridgehead atoms. The van der Waals surface area contributed by atoms with E-state index in [1.807, 2.05) is 25.1 Å². The highest BCUT2D eigenvalue weighted by molar-refractivity contribution is 9.10. The van der Waals surface area contributed by atoms with Crippen LogP contribution in [-0.4, -0.2) is 12.5 Å². The van der Waals surface area contributed by atoms with Crippen molar-refractivity contribution in [2.75, 3.05) is 11.9 Å². The van der Waals surface area contributed by atoms with Crippen molar-refractivity contribution in [2.45, 2.75) is 20.8 Å². The number of anilines is 1. The Labute approximate surface area is 105 Å². The van der Waals surface area contributed by atoms with E-state index in [1.54, 1.807) is 0 Å². The quantitative estimate of drug-likeness (QED) is 0.661. The van der Waals surface area contributed by atoms with Crippen molar-refractivity contribution in [1.29, 1.82) is 0 Å². The minimum Gasteiger partial charge on any atom is -0.370 e. The summed E-state index contributed by atoms with van der Waals surface area (Å²) in [6.45, 7) is 7.00. The van der Waals surface area contributed by atoms with Crippen molar-refractivity contribution in [3.05, 3.63) is 28.2 Å². The van der Waals surface area contributed by atoms with Gasteiger partial charge >= 0.3 is 0 Å². The van der Waals surface area contributed by atoms with Crippen LogP contribution in [-0.2, 0) is 0 Å². The molecule has 3 N–H and O–H groups in total. The molecule has 1 aromatic carbocycles. The number of hydrogen-bond donors (Lipinski definition) is 2. The van der Waals surface area contributed by atoms with Crippen molar-refractivity contribution in [1.82, 2.24) is 0 Å². The van der Waals surface area contributed by atoms with Gasteiger partial charge in [-0.2, -0.15) is 0 Å². The van der Waals surface area contributed by atoms with Gasteiger partial charge in [0, 0.05) is 11.0 Å². The van der Waals surface area contributed by atoms with Crippen molar-refractivity contribution in [3.8, 4) is 0 Å². The van der Waals surface area contributed by atoms with Gasteiger partial charge in [0.25, 0.3) is 0 Å². The van der Waals surface area contributed by atoms with E-state index in [4.69, 9.17) is 5.73 Å². The Morgan fingerprint density at radius 1 is 1.50 bits per heavy atom. The Balaban J connectivity index is 2.72. The fraction of sp³-hybridized carbons (Fsp3) is 0.417. The Hall–Kier alpha value is -1.03. The SMILES string of the molecule is Cc1ccc(Br)c(NC(N)=NCC(C)C)c1. The topological polar surface area (TPSA) is 50.4 Å². The minimum absolute atomic E-state index is 0.458. The van der Waals surface area contributed by atoms with Gasteiger partial charge in [-0.05, 0) is 46.5 Å². The second-order valence-corrected chi connectivity index (χ2v) is 5.08. The molecule has 0 spiro atoms. The first-order chi connectivity index (χ1) is 7.49. The zero-order chi connectivity index (χ0) is 12.1. The first-order valence-electron chi connectivity index (χ1n) is 5.32. The molecule has 1 aromatic rings. The molecular weight excluding hydrogens is 266 g/mol. The van der Waals surface area contributed by atoms with E-state index in [0.717, 1.165) is 16.7 Å². The number of nitrogens with two attached hydrogens (primary N) is 1. The number of benzene rings is 1. The van der Waals surface area contributed by atoms with Crippen LogP contribution in [0, 0.1) is 12.8 Å². The molecule has 0 heterocycles. The van der Waals surface area contributed by atoms with E-state index >= 15 is 0 Å². The van der Waals surface area contributed by atoms with Gasteiger partial charge in [0.1, 0.15) is 0 Å². The molecule has 0 fully saturated rings. The summed E-state index contributed by atoms with van der Waals surface area (Å²) >= 11 is 3.47. The van der Waals surface area contributed by atoms with Crippen LogP contribution in [0.4, 0.5) is 5.69 Å². The van der Waals surface area contributed by atoms with Crippen LogP contribution in [0.1, 0.15) is 19.4 Å². The van der Waals surface area contributed by atoms with Gasteiger partial charge in [0.05, 0.1) is 5.69 Å². The Kier molecular flexibility index (Phi) is 4.80. The summed E-state index contributed by atoms with van der Waals surface area (Å²) in [4.78, 5) is 4.25. The lowest BCUT2D eigenvalue weighted by molar-refractivity contribution is 0.665. The molecule has 3 nitrogen and oxygen atoms in total. The largest absolute Gasteiger partial charge is 0.370 e. The highest BCUT2D eigenvalue weighted by Gasteiger charge is 2.01. The van der Waals surface area contributed by atoms with E-state index in [1.165, 1.54) is 5.56 Å². The van der Waals surface area contributed by atoms with E-state index in [9.17, 15) is 0 Å². The third-order valence-electron chi connectivity index (χ3n) is 2.01. The third kappa shape index (κ3) is 4.23.